The van der Waals surface area contributed by atoms with Crippen molar-refractivity contribution in [1.82, 2.24) is 19.8 Å². The van der Waals surface area contributed by atoms with Crippen LogP contribution in [0.15, 0.2) is 77.2 Å². The van der Waals surface area contributed by atoms with Gasteiger partial charge in [0.25, 0.3) is 11.5 Å². The summed E-state index contributed by atoms with van der Waals surface area (Å²) in [5, 5.41) is 5.28. The molecule has 0 aliphatic carbocycles. The molecule has 33 heavy (non-hydrogen) atoms. The first kappa shape index (κ1) is 21.1. The highest BCUT2D eigenvalue weighted by Gasteiger charge is 2.29. The van der Waals surface area contributed by atoms with E-state index in [1.165, 1.54) is 22.2 Å². The molecule has 0 fully saturated rings. The van der Waals surface area contributed by atoms with Gasteiger partial charge in [-0.05, 0) is 28.6 Å². The second-order valence-corrected chi connectivity index (χ2v) is 8.97. The van der Waals surface area contributed by atoms with Crippen molar-refractivity contribution in [2.75, 3.05) is 13.1 Å². The van der Waals surface area contributed by atoms with Gasteiger partial charge in [0.05, 0.1) is 11.7 Å². The average molecular weight is 459 g/mol. The number of rotatable bonds is 7. The Morgan fingerprint density at radius 1 is 1.06 bits per heavy atom. The summed E-state index contributed by atoms with van der Waals surface area (Å²) in [6.07, 6.45) is 1.41. The fourth-order valence-corrected chi connectivity index (χ4v) is 4.92. The molecule has 0 saturated heterocycles. The van der Waals surface area contributed by atoms with Crippen LogP contribution in [-0.2, 0) is 17.9 Å². The number of hydrogen-bond donors (Lipinski definition) is 1. The van der Waals surface area contributed by atoms with E-state index in [1.807, 2.05) is 64.9 Å². The van der Waals surface area contributed by atoms with Crippen molar-refractivity contribution in [3.8, 4) is 0 Å². The monoisotopic (exact) mass is 458 g/mol. The van der Waals surface area contributed by atoms with Gasteiger partial charge in [-0.25, -0.2) is 4.98 Å². The van der Waals surface area contributed by atoms with E-state index in [0.717, 1.165) is 16.7 Å². The molecular weight excluding hydrogens is 436 g/mol. The maximum Gasteiger partial charge on any atom is 0.262 e. The molecule has 1 N–H and O–H groups in total. The first-order chi connectivity index (χ1) is 16.1. The molecular formula is C25H22N4O3S. The molecule has 7 nitrogen and oxygen atoms in total. The van der Waals surface area contributed by atoms with E-state index >= 15 is 0 Å². The molecule has 5 rings (SSSR count). The summed E-state index contributed by atoms with van der Waals surface area (Å²) in [6, 6.07) is 19.2. The van der Waals surface area contributed by atoms with E-state index < -0.39 is 0 Å². The second-order valence-electron chi connectivity index (χ2n) is 8.07. The molecule has 8 heteroatoms. The average Bonchev–Trinajstić information content (AvgIpc) is 3.44. The first-order valence-corrected chi connectivity index (χ1v) is 11.6. The van der Waals surface area contributed by atoms with Gasteiger partial charge < -0.3 is 10.2 Å². The highest BCUT2D eigenvalue weighted by molar-refractivity contribution is 7.16. The van der Waals surface area contributed by atoms with Gasteiger partial charge in [0.1, 0.15) is 11.4 Å². The van der Waals surface area contributed by atoms with Gasteiger partial charge in [-0.15, -0.1) is 11.3 Å². The van der Waals surface area contributed by atoms with Crippen molar-refractivity contribution in [3.63, 3.8) is 0 Å². The van der Waals surface area contributed by atoms with Gasteiger partial charge >= 0.3 is 0 Å². The van der Waals surface area contributed by atoms with E-state index in [0.29, 0.717) is 29.9 Å². The molecule has 4 aromatic rings. The third-order valence-corrected chi connectivity index (χ3v) is 6.74. The zero-order chi connectivity index (χ0) is 22.8. The number of carbonyl (C=O) groups excluding carboxylic acids is 2. The smallest absolute Gasteiger partial charge is 0.262 e. The van der Waals surface area contributed by atoms with Crippen LogP contribution in [0.2, 0.25) is 0 Å². The van der Waals surface area contributed by atoms with Crippen LogP contribution >= 0.6 is 11.3 Å². The number of carbonyl (C=O) groups is 2. The Morgan fingerprint density at radius 3 is 2.67 bits per heavy atom. The van der Waals surface area contributed by atoms with E-state index in [1.54, 1.807) is 6.07 Å². The van der Waals surface area contributed by atoms with Crippen molar-refractivity contribution in [3.05, 3.63) is 99.4 Å². The lowest BCUT2D eigenvalue weighted by atomic mass is 9.98. The third-order valence-electron chi connectivity index (χ3n) is 5.92. The maximum atomic E-state index is 12.9. The van der Waals surface area contributed by atoms with Crippen molar-refractivity contribution in [2.45, 2.75) is 19.0 Å². The van der Waals surface area contributed by atoms with Gasteiger partial charge in [0.2, 0.25) is 5.91 Å². The summed E-state index contributed by atoms with van der Waals surface area (Å²) in [7, 11) is 0. The fraction of sp³-hybridized carbons (Fsp3) is 0.200. The second kappa shape index (κ2) is 8.99. The highest BCUT2D eigenvalue weighted by atomic mass is 32.1. The molecule has 0 saturated carbocycles. The van der Waals surface area contributed by atoms with Crippen LogP contribution in [-0.4, -0.2) is 39.4 Å². The van der Waals surface area contributed by atoms with Crippen molar-refractivity contribution >= 4 is 33.4 Å². The maximum absolute atomic E-state index is 12.9. The number of aromatic nitrogens is 2. The van der Waals surface area contributed by atoms with E-state index in [2.05, 4.69) is 10.3 Å². The highest BCUT2D eigenvalue weighted by Crippen LogP contribution is 2.26. The Labute approximate surface area is 194 Å². The van der Waals surface area contributed by atoms with E-state index in [4.69, 9.17) is 0 Å². The predicted octanol–water partition coefficient (Wildman–Crippen LogP) is 3.01. The van der Waals surface area contributed by atoms with Crippen LogP contribution in [0.4, 0.5) is 0 Å². The molecule has 0 radical (unpaired) electrons. The normalized spacial score (nSPS) is 13.8. The molecule has 1 aliphatic rings. The summed E-state index contributed by atoms with van der Waals surface area (Å²) in [5.74, 6) is -0.340. The largest absolute Gasteiger partial charge is 0.354 e. The van der Waals surface area contributed by atoms with Crippen molar-refractivity contribution in [1.29, 1.82) is 0 Å². The number of fused-ring (bicyclic) bond motifs is 2. The molecule has 1 unspecified atom stereocenters. The van der Waals surface area contributed by atoms with Crippen LogP contribution in [0, 0.1) is 0 Å². The molecule has 0 spiro atoms. The van der Waals surface area contributed by atoms with Crippen LogP contribution in [0.1, 0.15) is 27.4 Å². The quantitative estimate of drug-likeness (QED) is 0.461. The van der Waals surface area contributed by atoms with Gasteiger partial charge in [0, 0.05) is 31.1 Å². The summed E-state index contributed by atoms with van der Waals surface area (Å²) in [6.45, 7) is 1.30. The lowest BCUT2D eigenvalue weighted by Crippen LogP contribution is -2.38. The Morgan fingerprint density at radius 2 is 1.85 bits per heavy atom. The number of benzene rings is 2. The van der Waals surface area contributed by atoms with E-state index in [9.17, 15) is 14.4 Å². The fourth-order valence-electron chi connectivity index (χ4n) is 4.19. The van der Waals surface area contributed by atoms with Gasteiger partial charge in [0.15, 0.2) is 0 Å². The van der Waals surface area contributed by atoms with Gasteiger partial charge in [-0.1, -0.05) is 48.5 Å². The minimum atomic E-state index is -0.273. The van der Waals surface area contributed by atoms with Gasteiger partial charge in [-0.2, -0.15) is 0 Å². The molecule has 3 heterocycles. The summed E-state index contributed by atoms with van der Waals surface area (Å²) < 4.78 is 1.32. The lowest BCUT2D eigenvalue weighted by Gasteiger charge is -2.24. The molecule has 1 aliphatic heterocycles. The Balaban J connectivity index is 1.29. The Kier molecular flexibility index (Phi) is 5.75. The van der Waals surface area contributed by atoms with Gasteiger partial charge in [-0.3, -0.25) is 19.0 Å². The standard InChI is InChI=1S/C25H22N4O3S/c30-22(15-29-16-27-23-21(25(29)32)10-11-33-23)26-12-19(17-6-2-1-3-7-17)14-28-13-18-8-4-5-9-20(18)24(28)31/h1-11,16,19H,12-15H2,(H,26,30). The molecule has 1 atom stereocenters. The summed E-state index contributed by atoms with van der Waals surface area (Å²) >= 11 is 1.39. The Bertz CT molecular complexity index is 1380. The lowest BCUT2D eigenvalue weighted by molar-refractivity contribution is -0.121. The van der Waals surface area contributed by atoms with Crippen LogP contribution < -0.4 is 10.9 Å². The molecule has 2 amide bonds. The molecule has 2 aromatic heterocycles. The van der Waals surface area contributed by atoms with Crippen LogP contribution in [0.25, 0.3) is 10.2 Å². The molecule has 2 aromatic carbocycles. The minimum absolute atomic E-state index is 0.0135. The molecule has 0 bridgehead atoms. The summed E-state index contributed by atoms with van der Waals surface area (Å²) in [4.78, 5) is 44.8. The zero-order valence-corrected chi connectivity index (χ0v) is 18.6. The summed E-state index contributed by atoms with van der Waals surface area (Å²) in [5.41, 5.74) is 2.58. The number of thiophene rings is 1. The van der Waals surface area contributed by atoms with Crippen molar-refractivity contribution < 1.29 is 9.59 Å². The van der Waals surface area contributed by atoms with E-state index in [-0.39, 0.29) is 29.8 Å². The SMILES string of the molecule is O=C(Cn1cnc2sccc2c1=O)NCC(CN1Cc2ccccc2C1=O)c1ccccc1. The number of nitrogens with zero attached hydrogens (tertiary/aromatic N) is 3. The van der Waals surface area contributed by atoms with Crippen LogP contribution in [0.5, 0.6) is 0 Å². The van der Waals surface area contributed by atoms with Crippen molar-refractivity contribution in [2.24, 2.45) is 0 Å². The zero-order valence-electron chi connectivity index (χ0n) is 17.8. The number of hydrogen-bond acceptors (Lipinski definition) is 5. The number of amides is 2. The third kappa shape index (κ3) is 4.29. The minimum Gasteiger partial charge on any atom is -0.354 e. The number of nitrogens with one attached hydrogen (secondary N) is 1. The predicted molar refractivity (Wildman–Crippen MR) is 127 cm³/mol. The Hall–Kier alpha value is -3.78. The first-order valence-electron chi connectivity index (χ1n) is 10.7. The topological polar surface area (TPSA) is 84.3 Å². The van der Waals surface area contributed by atoms with Crippen LogP contribution in [0.3, 0.4) is 0 Å². The molecule has 166 valence electrons.